The summed E-state index contributed by atoms with van der Waals surface area (Å²) in [6.45, 7) is 3.00. The molecule has 1 unspecified atom stereocenters. The normalized spacial score (nSPS) is 12.7. The van der Waals surface area contributed by atoms with Gasteiger partial charge in [0.1, 0.15) is 5.01 Å². The highest BCUT2D eigenvalue weighted by Crippen LogP contribution is 2.22. The second-order valence-electron chi connectivity index (χ2n) is 4.73. The maximum absolute atomic E-state index is 4.65. The summed E-state index contributed by atoms with van der Waals surface area (Å²) in [6.07, 6.45) is 0. The Kier molecular flexibility index (Phi) is 4.33. The summed E-state index contributed by atoms with van der Waals surface area (Å²) in [5.41, 5.74) is 2.41. The van der Waals surface area contributed by atoms with Crippen molar-refractivity contribution in [3.8, 4) is 0 Å². The quantitative estimate of drug-likeness (QED) is 0.646. The lowest BCUT2D eigenvalue weighted by molar-refractivity contribution is 0.573. The van der Waals surface area contributed by atoms with Crippen LogP contribution in [0.25, 0.3) is 10.2 Å². The summed E-state index contributed by atoms with van der Waals surface area (Å²) in [5.74, 6) is 0. The number of rotatable bonds is 4. The minimum atomic E-state index is 0.332. The Bertz CT molecular complexity index is 673. The molecule has 0 saturated heterocycles. The van der Waals surface area contributed by atoms with E-state index in [1.54, 1.807) is 11.3 Å². The van der Waals surface area contributed by atoms with Gasteiger partial charge in [-0.1, -0.05) is 24.3 Å². The topological polar surface area (TPSA) is 24.9 Å². The van der Waals surface area contributed by atoms with Gasteiger partial charge in [0.05, 0.1) is 10.2 Å². The lowest BCUT2D eigenvalue weighted by atomic mass is 10.1. The van der Waals surface area contributed by atoms with Crippen LogP contribution in [0.3, 0.4) is 0 Å². The maximum Gasteiger partial charge on any atom is 0.108 e. The van der Waals surface area contributed by atoms with Gasteiger partial charge in [0.25, 0.3) is 0 Å². The van der Waals surface area contributed by atoms with Crippen molar-refractivity contribution in [1.29, 1.82) is 0 Å². The molecule has 1 heterocycles. The standard InChI is InChI=1S/C16H15IN2S/c1-11(12-6-8-13(17)9-7-12)18-10-16-19-14-4-2-3-5-15(14)20-16/h2-9,11,18H,10H2,1H3. The van der Waals surface area contributed by atoms with E-state index in [9.17, 15) is 0 Å². The van der Waals surface area contributed by atoms with Crippen LogP contribution in [0, 0.1) is 3.57 Å². The molecule has 3 rings (SSSR count). The predicted molar refractivity (Wildman–Crippen MR) is 94.0 cm³/mol. The van der Waals surface area contributed by atoms with Crippen LogP contribution in [0.4, 0.5) is 0 Å². The van der Waals surface area contributed by atoms with Gasteiger partial charge in [-0.05, 0) is 59.3 Å². The molecular formula is C16H15IN2S. The number of halogens is 1. The highest BCUT2D eigenvalue weighted by atomic mass is 127. The van der Waals surface area contributed by atoms with Crippen LogP contribution in [0.2, 0.25) is 0 Å². The molecule has 20 heavy (non-hydrogen) atoms. The lowest BCUT2D eigenvalue weighted by Gasteiger charge is -2.13. The number of hydrogen-bond donors (Lipinski definition) is 1. The van der Waals surface area contributed by atoms with Crippen molar-refractivity contribution in [2.75, 3.05) is 0 Å². The van der Waals surface area contributed by atoms with Crippen LogP contribution < -0.4 is 5.32 Å². The first-order valence-electron chi connectivity index (χ1n) is 6.55. The van der Waals surface area contributed by atoms with Crippen molar-refractivity contribution < 1.29 is 0 Å². The largest absolute Gasteiger partial charge is 0.304 e. The molecule has 0 aliphatic rings. The van der Waals surface area contributed by atoms with E-state index in [4.69, 9.17) is 0 Å². The second-order valence-corrected chi connectivity index (χ2v) is 7.09. The van der Waals surface area contributed by atoms with Crippen LogP contribution >= 0.6 is 33.9 Å². The molecule has 1 aromatic heterocycles. The van der Waals surface area contributed by atoms with Gasteiger partial charge >= 0.3 is 0 Å². The minimum absolute atomic E-state index is 0.332. The van der Waals surface area contributed by atoms with E-state index in [2.05, 4.69) is 82.3 Å². The number of aromatic nitrogens is 1. The van der Waals surface area contributed by atoms with Crippen molar-refractivity contribution in [2.45, 2.75) is 19.5 Å². The van der Waals surface area contributed by atoms with Gasteiger partial charge in [-0.25, -0.2) is 4.98 Å². The highest BCUT2D eigenvalue weighted by molar-refractivity contribution is 14.1. The van der Waals surface area contributed by atoms with Gasteiger partial charge in [-0.3, -0.25) is 0 Å². The van der Waals surface area contributed by atoms with E-state index < -0.39 is 0 Å². The number of hydrogen-bond acceptors (Lipinski definition) is 3. The number of fused-ring (bicyclic) bond motifs is 1. The molecule has 1 atom stereocenters. The third-order valence-corrected chi connectivity index (χ3v) is 5.02. The fourth-order valence-corrected chi connectivity index (χ4v) is 3.38. The van der Waals surface area contributed by atoms with Gasteiger partial charge in [0.2, 0.25) is 0 Å². The highest BCUT2D eigenvalue weighted by Gasteiger charge is 2.07. The zero-order valence-corrected chi connectivity index (χ0v) is 14.1. The lowest BCUT2D eigenvalue weighted by Crippen LogP contribution is -2.17. The summed E-state index contributed by atoms with van der Waals surface area (Å²) >= 11 is 4.09. The molecule has 0 aliphatic carbocycles. The zero-order valence-electron chi connectivity index (χ0n) is 11.1. The van der Waals surface area contributed by atoms with E-state index in [1.807, 2.05) is 6.07 Å². The Balaban J connectivity index is 1.68. The number of para-hydroxylation sites is 1. The minimum Gasteiger partial charge on any atom is -0.304 e. The molecule has 1 N–H and O–H groups in total. The van der Waals surface area contributed by atoms with Gasteiger partial charge in [0.15, 0.2) is 0 Å². The maximum atomic E-state index is 4.65. The summed E-state index contributed by atoms with van der Waals surface area (Å²) in [7, 11) is 0. The third-order valence-electron chi connectivity index (χ3n) is 3.27. The SMILES string of the molecule is CC(NCc1nc2ccccc2s1)c1ccc(I)cc1. The Morgan fingerprint density at radius 3 is 2.65 bits per heavy atom. The van der Waals surface area contributed by atoms with E-state index in [1.165, 1.54) is 13.8 Å². The molecule has 4 heteroatoms. The smallest absolute Gasteiger partial charge is 0.108 e. The van der Waals surface area contributed by atoms with Crippen LogP contribution in [-0.4, -0.2) is 4.98 Å². The Morgan fingerprint density at radius 1 is 1.15 bits per heavy atom. The molecule has 0 spiro atoms. The van der Waals surface area contributed by atoms with Gasteiger partial charge in [-0.15, -0.1) is 11.3 Å². The van der Waals surface area contributed by atoms with Crippen LogP contribution in [0.1, 0.15) is 23.5 Å². The molecule has 102 valence electrons. The van der Waals surface area contributed by atoms with Gasteiger partial charge in [-0.2, -0.15) is 0 Å². The number of thiazole rings is 1. The summed E-state index contributed by atoms with van der Waals surface area (Å²) in [5, 5.41) is 4.68. The molecule has 0 aliphatic heterocycles. The molecule has 0 radical (unpaired) electrons. The monoisotopic (exact) mass is 394 g/mol. The van der Waals surface area contributed by atoms with E-state index in [0.717, 1.165) is 17.1 Å². The number of benzene rings is 2. The third kappa shape index (κ3) is 3.19. The molecule has 2 aromatic carbocycles. The molecule has 3 aromatic rings. The molecule has 0 amide bonds. The summed E-state index contributed by atoms with van der Waals surface area (Å²) in [4.78, 5) is 4.65. The van der Waals surface area contributed by atoms with E-state index >= 15 is 0 Å². The fraction of sp³-hybridized carbons (Fsp3) is 0.188. The van der Waals surface area contributed by atoms with Crippen molar-refractivity contribution in [1.82, 2.24) is 10.3 Å². The molecular weight excluding hydrogens is 379 g/mol. The zero-order chi connectivity index (χ0) is 13.9. The summed E-state index contributed by atoms with van der Waals surface area (Å²) < 4.78 is 2.52. The first-order valence-corrected chi connectivity index (χ1v) is 8.45. The van der Waals surface area contributed by atoms with Gasteiger partial charge < -0.3 is 5.32 Å². The van der Waals surface area contributed by atoms with Crippen LogP contribution in [-0.2, 0) is 6.54 Å². The van der Waals surface area contributed by atoms with E-state index in [-0.39, 0.29) is 0 Å². The first kappa shape index (κ1) is 14.0. The number of nitrogens with zero attached hydrogens (tertiary/aromatic N) is 1. The Hall–Kier alpha value is -0.980. The molecule has 0 bridgehead atoms. The van der Waals surface area contributed by atoms with Crippen LogP contribution in [0.5, 0.6) is 0 Å². The Morgan fingerprint density at radius 2 is 1.90 bits per heavy atom. The van der Waals surface area contributed by atoms with Crippen LogP contribution in [0.15, 0.2) is 48.5 Å². The summed E-state index contributed by atoms with van der Waals surface area (Å²) in [6, 6.07) is 17.3. The van der Waals surface area contributed by atoms with Crippen molar-refractivity contribution in [3.05, 3.63) is 62.7 Å². The first-order chi connectivity index (χ1) is 9.72. The molecule has 0 saturated carbocycles. The fourth-order valence-electron chi connectivity index (χ4n) is 2.11. The number of nitrogens with one attached hydrogen (secondary N) is 1. The molecule has 0 fully saturated rings. The average Bonchev–Trinajstić information content (AvgIpc) is 2.88. The van der Waals surface area contributed by atoms with E-state index in [0.29, 0.717) is 6.04 Å². The predicted octanol–water partition coefficient (Wildman–Crippen LogP) is 4.75. The van der Waals surface area contributed by atoms with Gasteiger partial charge in [0, 0.05) is 16.2 Å². The average molecular weight is 394 g/mol. The molecule has 2 nitrogen and oxygen atoms in total. The van der Waals surface area contributed by atoms with Crippen molar-refractivity contribution in [2.24, 2.45) is 0 Å². The van der Waals surface area contributed by atoms with Crippen molar-refractivity contribution >= 4 is 44.1 Å². The second kappa shape index (κ2) is 6.20. The Labute approximate surface area is 136 Å². The van der Waals surface area contributed by atoms with Crippen molar-refractivity contribution in [3.63, 3.8) is 0 Å².